The minimum atomic E-state index is -4.53. The van der Waals surface area contributed by atoms with E-state index in [1.807, 2.05) is 0 Å². The summed E-state index contributed by atoms with van der Waals surface area (Å²) in [4.78, 5) is 16.8. The highest BCUT2D eigenvalue weighted by Gasteiger charge is 2.38. The first-order valence-corrected chi connectivity index (χ1v) is 18.5. The number of ketones is 1. The Hall–Kier alpha value is -3.68. The van der Waals surface area contributed by atoms with Crippen LogP contribution in [0.1, 0.15) is 24.0 Å². The van der Waals surface area contributed by atoms with Crippen LogP contribution in [0.5, 0.6) is 11.5 Å². The molecule has 0 radical (unpaired) electrons. The number of fused-ring (bicyclic) bond motifs is 1. The van der Waals surface area contributed by atoms with Gasteiger partial charge in [0, 0.05) is 45.5 Å². The molecular weight excluding hydrogens is 630 g/mol. The fourth-order valence-corrected chi connectivity index (χ4v) is 5.79. The third kappa shape index (κ3) is 7.99. The second-order valence-corrected chi connectivity index (χ2v) is 18.4. The van der Waals surface area contributed by atoms with Gasteiger partial charge in [0.15, 0.2) is 23.1 Å². The van der Waals surface area contributed by atoms with Crippen LogP contribution in [0.3, 0.4) is 0 Å². The number of halogens is 6. The van der Waals surface area contributed by atoms with E-state index in [1.54, 1.807) is 10.8 Å². The molecule has 1 saturated heterocycles. The monoisotopic (exact) mass is 664 g/mol. The first-order valence-electron chi connectivity index (χ1n) is 14.8. The van der Waals surface area contributed by atoms with Crippen molar-refractivity contribution in [3.05, 3.63) is 77.6 Å². The van der Waals surface area contributed by atoms with Gasteiger partial charge in [-0.15, -0.1) is 0 Å². The summed E-state index contributed by atoms with van der Waals surface area (Å²) < 4.78 is 103. The van der Waals surface area contributed by atoms with Crippen molar-refractivity contribution in [1.82, 2.24) is 9.55 Å². The molecule has 2 aromatic carbocycles. The Balaban J connectivity index is 1.44. The van der Waals surface area contributed by atoms with E-state index in [-0.39, 0.29) is 56.3 Å². The van der Waals surface area contributed by atoms with Crippen molar-refractivity contribution in [2.75, 3.05) is 19.8 Å². The number of hydrogen-bond acceptors (Lipinski definition) is 5. The Morgan fingerprint density at radius 2 is 1.74 bits per heavy atom. The molecular formula is C33H34F6N2O4Si. The Morgan fingerprint density at radius 1 is 1.07 bits per heavy atom. The number of rotatable bonds is 13. The van der Waals surface area contributed by atoms with E-state index in [0.29, 0.717) is 28.8 Å². The van der Waals surface area contributed by atoms with Gasteiger partial charge >= 0.3 is 6.18 Å². The van der Waals surface area contributed by atoms with Crippen LogP contribution in [0.4, 0.5) is 26.3 Å². The van der Waals surface area contributed by atoms with E-state index < -0.39 is 42.9 Å². The highest BCUT2D eigenvalue weighted by atomic mass is 28.3. The van der Waals surface area contributed by atoms with Gasteiger partial charge in [0.25, 0.3) is 0 Å². The molecule has 0 amide bonds. The lowest BCUT2D eigenvalue weighted by molar-refractivity contribution is -0.139. The highest BCUT2D eigenvalue weighted by molar-refractivity contribution is 6.76. The van der Waals surface area contributed by atoms with Crippen molar-refractivity contribution >= 4 is 24.9 Å². The lowest BCUT2D eigenvalue weighted by Crippen LogP contribution is -2.45. The summed E-state index contributed by atoms with van der Waals surface area (Å²) in [5.74, 6) is -3.21. The zero-order valence-corrected chi connectivity index (χ0v) is 26.6. The van der Waals surface area contributed by atoms with E-state index in [4.69, 9.17) is 14.2 Å². The molecule has 246 valence electrons. The fourth-order valence-electron chi connectivity index (χ4n) is 5.04. The molecule has 13 heteroatoms. The molecule has 4 aromatic rings. The number of Topliss-reactive ketones (excluding diaryl/α,β-unsaturated/α-hetero) is 1. The minimum Gasteiger partial charge on any atom is -0.450 e. The van der Waals surface area contributed by atoms with Crippen LogP contribution in [-0.2, 0) is 33.6 Å². The smallest absolute Gasteiger partial charge is 0.416 e. The number of pyridine rings is 1. The van der Waals surface area contributed by atoms with E-state index in [2.05, 4.69) is 24.6 Å². The minimum absolute atomic E-state index is 0.0123. The van der Waals surface area contributed by atoms with Gasteiger partial charge in [-0.05, 0) is 53.9 Å². The van der Waals surface area contributed by atoms with Crippen molar-refractivity contribution in [1.29, 1.82) is 0 Å². The largest absolute Gasteiger partial charge is 0.450 e. The van der Waals surface area contributed by atoms with Crippen molar-refractivity contribution in [3.63, 3.8) is 0 Å². The summed E-state index contributed by atoms with van der Waals surface area (Å²) in [6.45, 7) is 7.07. The molecule has 5 rings (SSSR count). The Morgan fingerprint density at radius 3 is 2.33 bits per heavy atom. The predicted octanol–water partition coefficient (Wildman–Crippen LogP) is 8.74. The van der Waals surface area contributed by atoms with Crippen LogP contribution >= 0.6 is 0 Å². The first kappa shape index (κ1) is 33.7. The van der Waals surface area contributed by atoms with Gasteiger partial charge < -0.3 is 18.8 Å². The van der Waals surface area contributed by atoms with E-state index in [0.717, 1.165) is 30.3 Å². The number of aromatic nitrogens is 2. The van der Waals surface area contributed by atoms with Gasteiger partial charge in [-0.1, -0.05) is 31.8 Å². The van der Waals surface area contributed by atoms with Crippen LogP contribution in [0.25, 0.3) is 22.2 Å². The molecule has 0 unspecified atom stereocenters. The van der Waals surface area contributed by atoms with Gasteiger partial charge in [0.1, 0.15) is 23.9 Å². The van der Waals surface area contributed by atoms with Crippen LogP contribution in [0.15, 0.2) is 54.9 Å². The number of carbonyl (C=O) groups is 1. The summed E-state index contributed by atoms with van der Waals surface area (Å²) >= 11 is 0. The first-order chi connectivity index (χ1) is 21.6. The topological polar surface area (TPSA) is 62.6 Å². The van der Waals surface area contributed by atoms with Gasteiger partial charge in [-0.2, -0.15) is 13.2 Å². The number of hydrogen-bond donors (Lipinski definition) is 0. The zero-order valence-electron chi connectivity index (χ0n) is 25.6. The van der Waals surface area contributed by atoms with Crippen LogP contribution in [0, 0.1) is 11.6 Å². The van der Waals surface area contributed by atoms with Crippen LogP contribution < -0.4 is 4.74 Å². The molecule has 0 spiro atoms. The lowest BCUT2D eigenvalue weighted by Gasteiger charge is -2.33. The average molecular weight is 665 g/mol. The number of ether oxygens (including phenoxy) is 3. The second kappa shape index (κ2) is 13.2. The maximum Gasteiger partial charge on any atom is 0.416 e. The van der Waals surface area contributed by atoms with E-state index in [9.17, 15) is 22.4 Å². The summed E-state index contributed by atoms with van der Waals surface area (Å²) in [5, 5.41) is 0.314. The molecule has 0 N–H and O–H groups in total. The molecule has 3 heterocycles. The number of carbonyl (C=O) groups excluding carboxylic acids is 1. The summed E-state index contributed by atoms with van der Waals surface area (Å²) in [5.41, 5.74) is -1.14. The molecule has 0 aliphatic carbocycles. The molecule has 6 nitrogen and oxygen atoms in total. The molecule has 1 aliphatic rings. The third-order valence-electron chi connectivity index (χ3n) is 7.71. The van der Waals surface area contributed by atoms with Crippen molar-refractivity contribution in [3.8, 4) is 22.6 Å². The summed E-state index contributed by atoms with van der Waals surface area (Å²) in [6.07, 6.45) is -1.90. The van der Waals surface area contributed by atoms with Crippen molar-refractivity contribution in [2.45, 2.75) is 63.5 Å². The van der Waals surface area contributed by atoms with Crippen molar-refractivity contribution < 1.29 is 45.3 Å². The summed E-state index contributed by atoms with van der Waals surface area (Å²) in [7, 11) is -1.38. The lowest BCUT2D eigenvalue weighted by atomic mass is 9.95. The second-order valence-electron chi connectivity index (χ2n) is 12.8. The maximum absolute atomic E-state index is 15.3. The SMILES string of the molecule is C[Si](C)(C)CCOCn1cc(-c2ccc(C(F)(F)F)cc2)c2c(Oc3c(F)cc(CC(=O)CCC4(F)COC4)cc3F)ccnc21. The van der Waals surface area contributed by atoms with Gasteiger partial charge in [-0.25, -0.2) is 18.2 Å². The predicted molar refractivity (Wildman–Crippen MR) is 163 cm³/mol. The van der Waals surface area contributed by atoms with E-state index in [1.165, 1.54) is 24.4 Å². The van der Waals surface area contributed by atoms with Gasteiger partial charge in [-0.3, -0.25) is 4.79 Å². The fraction of sp³-hybridized carbons (Fsp3) is 0.394. The highest BCUT2D eigenvalue weighted by Crippen LogP contribution is 2.40. The number of alkyl halides is 4. The van der Waals surface area contributed by atoms with Crippen molar-refractivity contribution in [2.24, 2.45) is 0 Å². The molecule has 0 atom stereocenters. The molecule has 0 bridgehead atoms. The summed E-state index contributed by atoms with van der Waals surface area (Å²) in [6, 6.07) is 8.80. The Bertz CT molecular complexity index is 1690. The van der Waals surface area contributed by atoms with Crippen LogP contribution in [0.2, 0.25) is 25.7 Å². The number of benzene rings is 2. The average Bonchev–Trinajstić information content (AvgIpc) is 3.33. The third-order valence-corrected chi connectivity index (χ3v) is 9.42. The molecule has 0 saturated carbocycles. The quantitative estimate of drug-likeness (QED) is 0.0813. The van der Waals surface area contributed by atoms with E-state index >= 15 is 8.78 Å². The standard InChI is InChI=1S/C33H34F6N2O4Si/c1-46(2,3)13-12-43-20-41-17-25(22-4-6-23(7-5-22)33(37,38)39)29-28(9-11-40-31(29)41)45-30-26(34)15-21(16-27(30)35)14-24(42)8-10-32(36)18-44-19-32/h4-7,9,11,15-17H,8,10,12-14,18-20H2,1-3H3. The maximum atomic E-state index is 15.3. The Labute approximate surface area is 263 Å². The number of nitrogens with zero attached hydrogens (tertiary/aromatic N) is 2. The normalized spacial score (nSPS) is 14.8. The Kier molecular flexibility index (Phi) is 9.67. The molecule has 46 heavy (non-hydrogen) atoms. The zero-order chi connectivity index (χ0) is 33.3. The van der Waals surface area contributed by atoms with Crippen LogP contribution in [-0.4, -0.2) is 48.9 Å². The van der Waals surface area contributed by atoms with Gasteiger partial charge in [0.05, 0.1) is 24.2 Å². The molecule has 1 aliphatic heterocycles. The molecule has 1 fully saturated rings. The van der Waals surface area contributed by atoms with Gasteiger partial charge in [0.2, 0.25) is 0 Å². The molecule has 2 aromatic heterocycles.